The minimum Gasteiger partial charge on any atom is -0.497 e. The SMILES string of the molecule is COc1ccc([C@@H]2[C@H](C#N)[C@@H]2S(=O)(=O)c2ccc(C)cc2)cc1. The summed E-state index contributed by atoms with van der Waals surface area (Å²) in [6.07, 6.45) is 0. The van der Waals surface area contributed by atoms with E-state index in [9.17, 15) is 13.7 Å². The lowest BCUT2D eigenvalue weighted by Gasteiger charge is -2.05. The predicted molar refractivity (Wildman–Crippen MR) is 87.0 cm³/mol. The summed E-state index contributed by atoms with van der Waals surface area (Å²) in [7, 11) is -1.93. The Balaban J connectivity index is 1.92. The molecule has 0 bridgehead atoms. The van der Waals surface area contributed by atoms with Crippen LogP contribution in [0.4, 0.5) is 0 Å². The van der Waals surface area contributed by atoms with E-state index < -0.39 is 21.0 Å². The van der Waals surface area contributed by atoms with Crippen molar-refractivity contribution in [2.75, 3.05) is 7.11 Å². The molecule has 0 heterocycles. The van der Waals surface area contributed by atoms with Gasteiger partial charge in [0.15, 0.2) is 9.84 Å². The molecule has 1 saturated carbocycles. The highest BCUT2D eigenvalue weighted by Gasteiger charge is 2.59. The fourth-order valence-electron chi connectivity index (χ4n) is 2.93. The Hall–Kier alpha value is -2.32. The number of hydrogen-bond donors (Lipinski definition) is 0. The highest BCUT2D eigenvalue weighted by Crippen LogP contribution is 2.53. The van der Waals surface area contributed by atoms with Gasteiger partial charge >= 0.3 is 0 Å². The first kappa shape index (κ1) is 15.6. The van der Waals surface area contributed by atoms with Crippen molar-refractivity contribution in [3.63, 3.8) is 0 Å². The summed E-state index contributed by atoms with van der Waals surface area (Å²) < 4.78 is 30.7. The zero-order valence-corrected chi connectivity index (χ0v) is 13.7. The minimum atomic E-state index is -3.51. The topological polar surface area (TPSA) is 67.2 Å². The second-order valence-corrected chi connectivity index (χ2v) is 7.88. The van der Waals surface area contributed by atoms with Crippen molar-refractivity contribution in [2.45, 2.75) is 23.0 Å². The van der Waals surface area contributed by atoms with Gasteiger partial charge < -0.3 is 4.74 Å². The molecule has 2 aromatic carbocycles. The van der Waals surface area contributed by atoms with Gasteiger partial charge in [-0.2, -0.15) is 5.26 Å². The average Bonchev–Trinajstić information content (AvgIpc) is 3.31. The van der Waals surface area contributed by atoms with Crippen LogP contribution >= 0.6 is 0 Å². The normalized spacial score (nSPS) is 23.1. The number of ether oxygens (including phenoxy) is 1. The van der Waals surface area contributed by atoms with Gasteiger partial charge in [0.1, 0.15) is 5.75 Å². The van der Waals surface area contributed by atoms with Crippen molar-refractivity contribution in [1.29, 1.82) is 5.26 Å². The number of hydrogen-bond acceptors (Lipinski definition) is 4. The van der Waals surface area contributed by atoms with Crippen LogP contribution in [-0.2, 0) is 9.84 Å². The van der Waals surface area contributed by atoms with Crippen LogP contribution in [0.15, 0.2) is 53.4 Å². The molecule has 0 radical (unpaired) electrons. The molecule has 1 fully saturated rings. The van der Waals surface area contributed by atoms with Gasteiger partial charge in [-0.05, 0) is 36.8 Å². The van der Waals surface area contributed by atoms with Crippen LogP contribution in [0.1, 0.15) is 17.0 Å². The maximum atomic E-state index is 12.8. The Morgan fingerprint density at radius 2 is 1.65 bits per heavy atom. The molecule has 23 heavy (non-hydrogen) atoms. The molecule has 0 amide bonds. The first-order valence-electron chi connectivity index (χ1n) is 7.33. The highest BCUT2D eigenvalue weighted by atomic mass is 32.2. The van der Waals surface area contributed by atoms with Gasteiger partial charge in [-0.25, -0.2) is 8.42 Å². The number of rotatable bonds is 4. The van der Waals surface area contributed by atoms with Gasteiger partial charge in [0.25, 0.3) is 0 Å². The van der Waals surface area contributed by atoms with Gasteiger partial charge in [0.2, 0.25) is 0 Å². The standard InChI is InChI=1S/C18H17NO3S/c1-12-3-9-15(10-4-12)23(20,21)18-16(11-19)17(18)13-5-7-14(22-2)8-6-13/h3-10,16-18H,1-2H3/t16-,17+,18-/m0/s1. The maximum Gasteiger partial charge on any atom is 0.183 e. The summed E-state index contributed by atoms with van der Waals surface area (Å²) in [6.45, 7) is 1.91. The number of benzene rings is 2. The number of nitrogens with zero attached hydrogens (tertiary/aromatic N) is 1. The van der Waals surface area contributed by atoms with E-state index in [-0.39, 0.29) is 10.8 Å². The van der Waals surface area contributed by atoms with Crippen LogP contribution in [0.25, 0.3) is 0 Å². The summed E-state index contributed by atoms with van der Waals surface area (Å²) in [5, 5.41) is 8.65. The third-order valence-electron chi connectivity index (χ3n) is 4.31. The lowest BCUT2D eigenvalue weighted by atomic mass is 10.1. The predicted octanol–water partition coefficient (Wildman–Crippen LogP) is 3.08. The molecule has 0 N–H and O–H groups in total. The van der Waals surface area contributed by atoms with Gasteiger partial charge in [-0.3, -0.25) is 0 Å². The number of methoxy groups -OCH3 is 1. The fourth-order valence-corrected chi connectivity index (χ4v) is 5.00. The Bertz CT molecular complexity index is 849. The van der Waals surface area contributed by atoms with Crippen molar-refractivity contribution in [3.8, 4) is 11.8 Å². The largest absolute Gasteiger partial charge is 0.497 e. The quantitative estimate of drug-likeness (QED) is 0.865. The molecular weight excluding hydrogens is 310 g/mol. The van der Waals surface area contributed by atoms with Crippen LogP contribution in [0, 0.1) is 24.2 Å². The van der Waals surface area contributed by atoms with Crippen molar-refractivity contribution >= 4 is 9.84 Å². The van der Waals surface area contributed by atoms with E-state index in [0.29, 0.717) is 5.75 Å². The molecule has 3 atom stereocenters. The highest BCUT2D eigenvalue weighted by molar-refractivity contribution is 7.92. The minimum absolute atomic E-state index is 0.280. The number of sulfone groups is 1. The molecular formula is C18H17NO3S. The molecule has 0 spiro atoms. The van der Waals surface area contributed by atoms with Crippen molar-refractivity contribution < 1.29 is 13.2 Å². The van der Waals surface area contributed by atoms with E-state index >= 15 is 0 Å². The molecule has 0 aliphatic heterocycles. The third kappa shape index (κ3) is 2.71. The maximum absolute atomic E-state index is 12.8. The summed E-state index contributed by atoms with van der Waals surface area (Å²) in [6, 6.07) is 16.2. The summed E-state index contributed by atoms with van der Waals surface area (Å²) in [5.74, 6) is -0.0762. The molecule has 0 saturated heterocycles. The number of nitriles is 1. The molecule has 2 aromatic rings. The lowest BCUT2D eigenvalue weighted by Crippen LogP contribution is -2.10. The van der Waals surface area contributed by atoms with Crippen LogP contribution in [0.5, 0.6) is 5.75 Å². The first-order chi connectivity index (χ1) is 11.0. The van der Waals surface area contributed by atoms with Crippen molar-refractivity contribution in [2.24, 2.45) is 5.92 Å². The zero-order chi connectivity index (χ0) is 16.6. The third-order valence-corrected chi connectivity index (χ3v) is 6.54. The molecule has 4 nitrogen and oxygen atoms in total. The van der Waals surface area contributed by atoms with Crippen LogP contribution in [0.3, 0.4) is 0 Å². The first-order valence-corrected chi connectivity index (χ1v) is 8.88. The van der Waals surface area contributed by atoms with E-state index in [1.165, 1.54) is 0 Å². The van der Waals surface area contributed by atoms with Crippen molar-refractivity contribution in [1.82, 2.24) is 0 Å². The summed E-state index contributed by atoms with van der Waals surface area (Å²) in [4.78, 5) is 0.282. The Morgan fingerprint density at radius 1 is 1.04 bits per heavy atom. The molecule has 0 unspecified atom stereocenters. The van der Waals surface area contributed by atoms with Gasteiger partial charge in [0, 0.05) is 5.92 Å². The van der Waals surface area contributed by atoms with E-state index in [4.69, 9.17) is 4.74 Å². The van der Waals surface area contributed by atoms with E-state index in [1.54, 1.807) is 43.5 Å². The second kappa shape index (κ2) is 5.71. The molecule has 0 aromatic heterocycles. The Labute approximate surface area is 136 Å². The van der Waals surface area contributed by atoms with Gasteiger partial charge in [-0.15, -0.1) is 0 Å². The molecule has 3 rings (SSSR count). The molecule has 5 heteroatoms. The smallest absolute Gasteiger partial charge is 0.183 e. The van der Waals surface area contributed by atoms with Crippen LogP contribution < -0.4 is 4.74 Å². The Kier molecular flexibility index (Phi) is 3.87. The molecule has 1 aliphatic carbocycles. The summed E-state index contributed by atoms with van der Waals surface area (Å²) >= 11 is 0. The van der Waals surface area contributed by atoms with Gasteiger partial charge in [0.05, 0.1) is 29.2 Å². The Morgan fingerprint density at radius 3 is 2.17 bits per heavy atom. The average molecular weight is 327 g/mol. The van der Waals surface area contributed by atoms with Crippen molar-refractivity contribution in [3.05, 3.63) is 59.7 Å². The summed E-state index contributed by atoms with van der Waals surface area (Å²) in [5.41, 5.74) is 1.86. The van der Waals surface area contributed by atoms with E-state index in [2.05, 4.69) is 6.07 Å². The molecule has 1 aliphatic rings. The van der Waals surface area contributed by atoms with Gasteiger partial charge in [-0.1, -0.05) is 29.8 Å². The van der Waals surface area contributed by atoms with Crippen LogP contribution in [-0.4, -0.2) is 20.8 Å². The lowest BCUT2D eigenvalue weighted by molar-refractivity contribution is 0.414. The monoisotopic (exact) mass is 327 g/mol. The number of aryl methyl sites for hydroxylation is 1. The second-order valence-electron chi connectivity index (χ2n) is 5.78. The fraction of sp³-hybridized carbons (Fsp3) is 0.278. The van der Waals surface area contributed by atoms with E-state index in [0.717, 1.165) is 11.1 Å². The molecule has 118 valence electrons. The van der Waals surface area contributed by atoms with Crippen LogP contribution in [0.2, 0.25) is 0 Å². The van der Waals surface area contributed by atoms with E-state index in [1.807, 2.05) is 19.1 Å². The zero-order valence-electron chi connectivity index (χ0n) is 12.9.